The molecule has 3 rings (SSSR count). The zero-order valence-electron chi connectivity index (χ0n) is 11.8. The second-order valence-electron chi connectivity index (χ2n) is 5.33. The normalized spacial score (nSPS) is 20.3. The van der Waals surface area contributed by atoms with E-state index in [9.17, 15) is 0 Å². The minimum atomic E-state index is 0.556. The highest BCUT2D eigenvalue weighted by Gasteiger charge is 2.23. The lowest BCUT2D eigenvalue weighted by atomic mass is 10.1. The number of halogens is 1. The SMILES string of the molecule is CCc1cc2c(N3CCCCCC3CBr)ncnc2s1. The topological polar surface area (TPSA) is 29.0 Å². The highest BCUT2D eigenvalue weighted by atomic mass is 79.9. The van der Waals surface area contributed by atoms with Gasteiger partial charge in [0.1, 0.15) is 17.0 Å². The summed E-state index contributed by atoms with van der Waals surface area (Å²) in [6, 6.07) is 2.84. The lowest BCUT2D eigenvalue weighted by Gasteiger charge is -2.30. The first-order valence-electron chi connectivity index (χ1n) is 7.39. The summed E-state index contributed by atoms with van der Waals surface area (Å²) >= 11 is 5.48. The Hall–Kier alpha value is -0.680. The van der Waals surface area contributed by atoms with Crippen molar-refractivity contribution in [1.82, 2.24) is 9.97 Å². The average Bonchev–Trinajstić information content (AvgIpc) is 2.77. The van der Waals surface area contributed by atoms with Gasteiger partial charge >= 0.3 is 0 Å². The first kappa shape index (κ1) is 14.3. The van der Waals surface area contributed by atoms with Crippen molar-refractivity contribution in [3.63, 3.8) is 0 Å². The molecule has 0 spiro atoms. The summed E-state index contributed by atoms with van der Waals surface area (Å²) < 4.78 is 0. The average molecular weight is 354 g/mol. The van der Waals surface area contributed by atoms with E-state index in [2.05, 4.69) is 43.8 Å². The number of fused-ring (bicyclic) bond motifs is 1. The smallest absolute Gasteiger partial charge is 0.141 e. The van der Waals surface area contributed by atoms with Crippen molar-refractivity contribution in [2.75, 3.05) is 16.8 Å². The number of thiophene rings is 1. The Kier molecular flexibility index (Phi) is 4.56. The van der Waals surface area contributed by atoms with Crippen LogP contribution in [0.5, 0.6) is 0 Å². The largest absolute Gasteiger partial charge is 0.352 e. The zero-order chi connectivity index (χ0) is 13.9. The Bertz CT molecular complexity index is 584. The predicted molar refractivity (Wildman–Crippen MR) is 90.2 cm³/mol. The van der Waals surface area contributed by atoms with E-state index in [-0.39, 0.29) is 0 Å². The number of hydrogen-bond donors (Lipinski definition) is 0. The summed E-state index contributed by atoms with van der Waals surface area (Å²) in [6.45, 7) is 3.31. The van der Waals surface area contributed by atoms with Gasteiger partial charge in [0, 0.05) is 22.8 Å². The van der Waals surface area contributed by atoms with E-state index in [4.69, 9.17) is 0 Å². The van der Waals surface area contributed by atoms with Crippen LogP contribution in [0, 0.1) is 0 Å². The fraction of sp³-hybridized carbons (Fsp3) is 0.600. The molecular formula is C15H20BrN3S. The Morgan fingerprint density at radius 3 is 3.05 bits per heavy atom. The number of alkyl halides is 1. The molecule has 0 N–H and O–H groups in total. The molecule has 0 aliphatic carbocycles. The van der Waals surface area contributed by atoms with Gasteiger partial charge in [-0.25, -0.2) is 9.97 Å². The van der Waals surface area contributed by atoms with Gasteiger partial charge in [-0.1, -0.05) is 35.7 Å². The van der Waals surface area contributed by atoms with Crippen LogP contribution in [-0.4, -0.2) is 27.9 Å². The first-order chi connectivity index (χ1) is 9.83. The van der Waals surface area contributed by atoms with Crippen molar-refractivity contribution in [2.45, 2.75) is 45.1 Å². The molecule has 0 aromatic carbocycles. The van der Waals surface area contributed by atoms with Crippen LogP contribution in [0.25, 0.3) is 10.2 Å². The fourth-order valence-corrected chi connectivity index (χ4v) is 4.52. The number of aryl methyl sites for hydroxylation is 1. The number of aromatic nitrogens is 2. The van der Waals surface area contributed by atoms with Crippen molar-refractivity contribution in [3.8, 4) is 0 Å². The number of anilines is 1. The molecule has 108 valence electrons. The van der Waals surface area contributed by atoms with Gasteiger partial charge in [-0.2, -0.15) is 0 Å². The van der Waals surface area contributed by atoms with E-state index in [1.807, 2.05) is 0 Å². The van der Waals surface area contributed by atoms with Crippen molar-refractivity contribution >= 4 is 43.3 Å². The van der Waals surface area contributed by atoms with Crippen LogP contribution in [-0.2, 0) is 6.42 Å². The van der Waals surface area contributed by atoms with Crippen molar-refractivity contribution in [1.29, 1.82) is 0 Å². The van der Waals surface area contributed by atoms with Crippen molar-refractivity contribution in [3.05, 3.63) is 17.3 Å². The Morgan fingerprint density at radius 1 is 1.35 bits per heavy atom. The van der Waals surface area contributed by atoms with Gasteiger partial charge in [0.2, 0.25) is 0 Å². The molecule has 3 nitrogen and oxygen atoms in total. The molecule has 1 fully saturated rings. The summed E-state index contributed by atoms with van der Waals surface area (Å²) in [6.07, 6.45) is 7.97. The molecule has 1 saturated heterocycles. The van der Waals surface area contributed by atoms with E-state index in [0.29, 0.717) is 6.04 Å². The zero-order valence-corrected chi connectivity index (χ0v) is 14.2. The molecule has 3 heterocycles. The van der Waals surface area contributed by atoms with Crippen molar-refractivity contribution in [2.24, 2.45) is 0 Å². The van der Waals surface area contributed by atoms with Crippen LogP contribution in [0.1, 0.15) is 37.5 Å². The van der Waals surface area contributed by atoms with Gasteiger partial charge in [0.05, 0.1) is 5.39 Å². The van der Waals surface area contributed by atoms with Gasteiger partial charge < -0.3 is 4.90 Å². The summed E-state index contributed by atoms with van der Waals surface area (Å²) in [7, 11) is 0. The third-order valence-corrected chi connectivity index (χ3v) is 5.97. The maximum absolute atomic E-state index is 4.62. The highest BCUT2D eigenvalue weighted by molar-refractivity contribution is 9.09. The third-order valence-electron chi connectivity index (χ3n) is 4.04. The van der Waals surface area contributed by atoms with E-state index in [1.54, 1.807) is 17.7 Å². The number of nitrogens with zero attached hydrogens (tertiary/aromatic N) is 3. The van der Waals surface area contributed by atoms with Crippen LogP contribution in [0.2, 0.25) is 0 Å². The predicted octanol–water partition coefficient (Wildman–Crippen LogP) is 4.40. The van der Waals surface area contributed by atoms with E-state index in [1.165, 1.54) is 35.9 Å². The lowest BCUT2D eigenvalue weighted by molar-refractivity contribution is 0.623. The van der Waals surface area contributed by atoms with E-state index in [0.717, 1.165) is 28.9 Å². The Balaban J connectivity index is 2.04. The molecule has 1 aliphatic rings. The van der Waals surface area contributed by atoms with Crippen LogP contribution < -0.4 is 4.90 Å². The van der Waals surface area contributed by atoms with Gasteiger partial charge in [-0.15, -0.1) is 11.3 Å². The standard InChI is InChI=1S/C15H20BrN3S/c1-2-12-8-13-14(17-10-18-15(13)20-12)19-7-5-3-4-6-11(19)9-16/h8,10-11H,2-7,9H2,1H3. The van der Waals surface area contributed by atoms with E-state index >= 15 is 0 Å². The summed E-state index contributed by atoms with van der Waals surface area (Å²) in [4.78, 5) is 14.1. The molecule has 1 unspecified atom stereocenters. The first-order valence-corrected chi connectivity index (χ1v) is 9.33. The molecule has 2 aromatic rings. The van der Waals surface area contributed by atoms with Crippen LogP contribution >= 0.6 is 27.3 Å². The molecule has 0 saturated carbocycles. The molecule has 0 bridgehead atoms. The second kappa shape index (κ2) is 6.39. The van der Waals surface area contributed by atoms with Gasteiger partial charge in [-0.3, -0.25) is 0 Å². The number of hydrogen-bond acceptors (Lipinski definition) is 4. The van der Waals surface area contributed by atoms with Gasteiger partial charge in [0.15, 0.2) is 0 Å². The maximum Gasteiger partial charge on any atom is 0.141 e. The lowest BCUT2D eigenvalue weighted by Crippen LogP contribution is -2.36. The molecule has 0 radical (unpaired) electrons. The molecule has 0 amide bonds. The molecule has 1 aliphatic heterocycles. The van der Waals surface area contributed by atoms with Crippen LogP contribution in [0.3, 0.4) is 0 Å². The fourth-order valence-electron chi connectivity index (χ4n) is 2.91. The van der Waals surface area contributed by atoms with Gasteiger partial charge in [0.25, 0.3) is 0 Å². The summed E-state index contributed by atoms with van der Waals surface area (Å²) in [5.74, 6) is 1.14. The molecule has 1 atom stereocenters. The molecule has 20 heavy (non-hydrogen) atoms. The van der Waals surface area contributed by atoms with Gasteiger partial charge in [-0.05, 0) is 25.3 Å². The summed E-state index contributed by atoms with van der Waals surface area (Å²) in [5, 5.41) is 2.26. The Morgan fingerprint density at radius 2 is 2.25 bits per heavy atom. The monoisotopic (exact) mass is 353 g/mol. The quantitative estimate of drug-likeness (QED) is 0.765. The highest BCUT2D eigenvalue weighted by Crippen LogP contribution is 2.33. The number of rotatable bonds is 3. The molecule has 5 heteroatoms. The maximum atomic E-state index is 4.62. The van der Waals surface area contributed by atoms with E-state index < -0.39 is 0 Å². The van der Waals surface area contributed by atoms with Crippen LogP contribution in [0.15, 0.2) is 12.4 Å². The Labute approximate surface area is 132 Å². The minimum Gasteiger partial charge on any atom is -0.352 e. The molecular weight excluding hydrogens is 334 g/mol. The third kappa shape index (κ3) is 2.70. The minimum absolute atomic E-state index is 0.556. The van der Waals surface area contributed by atoms with Crippen molar-refractivity contribution < 1.29 is 0 Å². The second-order valence-corrected chi connectivity index (χ2v) is 7.10. The van der Waals surface area contributed by atoms with Crippen LogP contribution in [0.4, 0.5) is 5.82 Å². The summed E-state index contributed by atoms with van der Waals surface area (Å²) in [5.41, 5.74) is 0. The molecule has 2 aromatic heterocycles.